The summed E-state index contributed by atoms with van der Waals surface area (Å²) in [6.45, 7) is 0.730. The van der Waals surface area contributed by atoms with Gasteiger partial charge in [-0.1, -0.05) is 0 Å². The van der Waals surface area contributed by atoms with Crippen molar-refractivity contribution in [2.24, 2.45) is 0 Å². The number of halogens is 1. The van der Waals surface area contributed by atoms with E-state index in [0.29, 0.717) is 12.5 Å². The number of hydrogen-bond acceptors (Lipinski definition) is 4. The Morgan fingerprint density at radius 3 is 3.06 bits per heavy atom. The van der Waals surface area contributed by atoms with Gasteiger partial charge in [0.2, 0.25) is 5.91 Å². The van der Waals surface area contributed by atoms with Gasteiger partial charge in [0.25, 0.3) is 0 Å². The molecule has 5 nitrogen and oxygen atoms in total. The van der Waals surface area contributed by atoms with E-state index < -0.39 is 0 Å². The number of amides is 1. The molecule has 0 radical (unpaired) electrons. The minimum atomic E-state index is 0.149. The standard InChI is InChI=1S/C11H15BrN4O/c12-9-6-13-7-15-11(9)14-5-1-2-10(17)16-8-3-4-8/h6-8H,1-5H2,(H,16,17)(H,13,14,15). The zero-order valence-electron chi connectivity index (χ0n) is 9.45. The lowest BCUT2D eigenvalue weighted by molar-refractivity contribution is -0.121. The smallest absolute Gasteiger partial charge is 0.220 e. The second kappa shape index (κ2) is 5.95. The molecule has 1 fully saturated rings. The minimum Gasteiger partial charge on any atom is -0.369 e. The van der Waals surface area contributed by atoms with Crippen molar-refractivity contribution in [3.8, 4) is 0 Å². The first kappa shape index (κ1) is 12.3. The van der Waals surface area contributed by atoms with E-state index in [1.807, 2.05) is 0 Å². The molecule has 2 rings (SSSR count). The quantitative estimate of drug-likeness (QED) is 0.785. The summed E-state index contributed by atoms with van der Waals surface area (Å²) in [6.07, 6.45) is 6.82. The Hall–Kier alpha value is -1.17. The Morgan fingerprint density at radius 2 is 2.35 bits per heavy atom. The van der Waals surface area contributed by atoms with Crippen molar-refractivity contribution in [2.45, 2.75) is 31.7 Å². The van der Waals surface area contributed by atoms with Crippen LogP contribution in [0.3, 0.4) is 0 Å². The molecule has 1 saturated carbocycles. The molecule has 0 saturated heterocycles. The molecule has 0 bridgehead atoms. The van der Waals surface area contributed by atoms with E-state index in [0.717, 1.165) is 36.1 Å². The third-order valence-electron chi connectivity index (χ3n) is 2.48. The lowest BCUT2D eigenvalue weighted by Crippen LogP contribution is -2.25. The number of carbonyl (C=O) groups is 1. The van der Waals surface area contributed by atoms with Crippen LogP contribution in [0.1, 0.15) is 25.7 Å². The Balaban J connectivity index is 1.62. The predicted octanol–water partition coefficient (Wildman–Crippen LogP) is 1.71. The molecule has 1 aromatic heterocycles. The van der Waals surface area contributed by atoms with Gasteiger partial charge in [-0.2, -0.15) is 0 Å². The summed E-state index contributed by atoms with van der Waals surface area (Å²) in [4.78, 5) is 19.4. The maximum atomic E-state index is 11.4. The molecular weight excluding hydrogens is 284 g/mol. The van der Waals surface area contributed by atoms with Crippen LogP contribution in [0.4, 0.5) is 5.82 Å². The highest BCUT2D eigenvalue weighted by Crippen LogP contribution is 2.19. The third-order valence-corrected chi connectivity index (χ3v) is 3.06. The Morgan fingerprint density at radius 1 is 1.53 bits per heavy atom. The highest BCUT2D eigenvalue weighted by Gasteiger charge is 2.22. The van der Waals surface area contributed by atoms with Crippen molar-refractivity contribution in [3.05, 3.63) is 17.0 Å². The van der Waals surface area contributed by atoms with Crippen LogP contribution in [-0.4, -0.2) is 28.5 Å². The van der Waals surface area contributed by atoms with Crippen LogP contribution >= 0.6 is 15.9 Å². The molecule has 6 heteroatoms. The first-order chi connectivity index (χ1) is 8.25. The van der Waals surface area contributed by atoms with Crippen molar-refractivity contribution in [2.75, 3.05) is 11.9 Å². The van der Waals surface area contributed by atoms with Crippen LogP contribution in [0, 0.1) is 0 Å². The van der Waals surface area contributed by atoms with Crippen LogP contribution in [0.5, 0.6) is 0 Å². The van der Waals surface area contributed by atoms with Gasteiger partial charge in [-0.05, 0) is 35.2 Å². The maximum absolute atomic E-state index is 11.4. The number of nitrogens with zero attached hydrogens (tertiary/aromatic N) is 2. The van der Waals surface area contributed by atoms with Gasteiger partial charge in [0.15, 0.2) is 0 Å². The molecule has 0 spiro atoms. The summed E-state index contributed by atoms with van der Waals surface area (Å²) >= 11 is 3.35. The number of carbonyl (C=O) groups excluding carboxylic acids is 1. The first-order valence-corrected chi connectivity index (χ1v) is 6.54. The fourth-order valence-electron chi connectivity index (χ4n) is 1.43. The number of anilines is 1. The molecular formula is C11H15BrN4O. The molecule has 1 amide bonds. The summed E-state index contributed by atoms with van der Waals surface area (Å²) in [7, 11) is 0. The van der Waals surface area contributed by atoms with Gasteiger partial charge in [0, 0.05) is 25.2 Å². The zero-order valence-corrected chi connectivity index (χ0v) is 11.0. The summed E-state index contributed by atoms with van der Waals surface area (Å²) in [6, 6.07) is 0.450. The second-order valence-corrected chi connectivity index (χ2v) is 4.95. The van der Waals surface area contributed by atoms with Gasteiger partial charge >= 0.3 is 0 Å². The Labute approximate surface area is 109 Å². The van der Waals surface area contributed by atoms with Crippen LogP contribution in [0.2, 0.25) is 0 Å². The normalized spacial score (nSPS) is 14.4. The van der Waals surface area contributed by atoms with E-state index in [2.05, 4.69) is 36.5 Å². The van der Waals surface area contributed by atoms with Gasteiger partial charge in [0.1, 0.15) is 12.1 Å². The molecule has 0 aliphatic heterocycles. The average molecular weight is 299 g/mol. The fourth-order valence-corrected chi connectivity index (χ4v) is 1.79. The van der Waals surface area contributed by atoms with Gasteiger partial charge in [0.05, 0.1) is 4.47 Å². The third kappa shape index (κ3) is 4.30. The molecule has 1 aromatic rings. The average Bonchev–Trinajstić information content (AvgIpc) is 3.10. The van der Waals surface area contributed by atoms with Crippen molar-refractivity contribution in [1.82, 2.24) is 15.3 Å². The molecule has 92 valence electrons. The van der Waals surface area contributed by atoms with Crippen LogP contribution in [-0.2, 0) is 4.79 Å². The Kier molecular flexibility index (Phi) is 4.30. The SMILES string of the molecule is O=C(CCCNc1ncncc1Br)NC1CC1. The molecule has 2 N–H and O–H groups in total. The summed E-state index contributed by atoms with van der Waals surface area (Å²) < 4.78 is 0.836. The molecule has 1 aliphatic carbocycles. The molecule has 0 aromatic carbocycles. The van der Waals surface area contributed by atoms with Gasteiger partial charge in [-0.25, -0.2) is 9.97 Å². The number of hydrogen-bond donors (Lipinski definition) is 2. The number of aromatic nitrogens is 2. The minimum absolute atomic E-state index is 0.149. The van der Waals surface area contributed by atoms with Crippen molar-refractivity contribution < 1.29 is 4.79 Å². The van der Waals surface area contributed by atoms with Gasteiger partial charge < -0.3 is 10.6 Å². The highest BCUT2D eigenvalue weighted by atomic mass is 79.9. The fraction of sp³-hybridized carbons (Fsp3) is 0.545. The van der Waals surface area contributed by atoms with Crippen LogP contribution in [0.25, 0.3) is 0 Å². The van der Waals surface area contributed by atoms with Gasteiger partial charge in [-0.15, -0.1) is 0 Å². The molecule has 0 atom stereocenters. The van der Waals surface area contributed by atoms with E-state index in [-0.39, 0.29) is 5.91 Å². The van der Waals surface area contributed by atoms with Gasteiger partial charge in [-0.3, -0.25) is 4.79 Å². The van der Waals surface area contributed by atoms with Crippen LogP contribution < -0.4 is 10.6 Å². The molecule has 1 aliphatic rings. The number of nitrogens with one attached hydrogen (secondary N) is 2. The van der Waals surface area contributed by atoms with Crippen LogP contribution in [0.15, 0.2) is 17.0 Å². The Bertz CT molecular complexity index is 395. The van der Waals surface area contributed by atoms with E-state index in [1.165, 1.54) is 6.33 Å². The summed E-state index contributed by atoms with van der Waals surface area (Å²) in [5, 5.41) is 6.12. The molecule has 0 unspecified atom stereocenters. The first-order valence-electron chi connectivity index (χ1n) is 5.74. The summed E-state index contributed by atoms with van der Waals surface area (Å²) in [5.41, 5.74) is 0. The van der Waals surface area contributed by atoms with Crippen molar-refractivity contribution in [1.29, 1.82) is 0 Å². The van der Waals surface area contributed by atoms with Crippen molar-refractivity contribution >= 4 is 27.7 Å². The summed E-state index contributed by atoms with van der Waals surface area (Å²) in [5.74, 6) is 0.915. The highest BCUT2D eigenvalue weighted by molar-refractivity contribution is 9.10. The molecule has 1 heterocycles. The largest absolute Gasteiger partial charge is 0.369 e. The molecule has 17 heavy (non-hydrogen) atoms. The predicted molar refractivity (Wildman–Crippen MR) is 68.6 cm³/mol. The van der Waals surface area contributed by atoms with E-state index in [4.69, 9.17) is 0 Å². The monoisotopic (exact) mass is 298 g/mol. The number of rotatable bonds is 6. The van der Waals surface area contributed by atoms with E-state index in [1.54, 1.807) is 6.20 Å². The topological polar surface area (TPSA) is 66.9 Å². The second-order valence-electron chi connectivity index (χ2n) is 4.09. The lowest BCUT2D eigenvalue weighted by atomic mass is 10.3. The van der Waals surface area contributed by atoms with Crippen molar-refractivity contribution in [3.63, 3.8) is 0 Å². The lowest BCUT2D eigenvalue weighted by Gasteiger charge is -2.06. The van der Waals surface area contributed by atoms with E-state index >= 15 is 0 Å². The zero-order chi connectivity index (χ0) is 12.1. The maximum Gasteiger partial charge on any atom is 0.220 e. The van der Waals surface area contributed by atoms with E-state index in [9.17, 15) is 4.79 Å².